The summed E-state index contributed by atoms with van der Waals surface area (Å²) in [7, 11) is 1.65. The molecule has 0 saturated carbocycles. The van der Waals surface area contributed by atoms with E-state index in [1.54, 1.807) is 25.4 Å². The second-order valence-electron chi connectivity index (χ2n) is 3.83. The maximum absolute atomic E-state index is 9.23. The first-order chi connectivity index (χ1) is 7.69. The van der Waals surface area contributed by atoms with Gasteiger partial charge in [-0.2, -0.15) is 0 Å². The molecule has 2 aromatic rings. The molecule has 2 rings (SSSR count). The molecule has 0 spiro atoms. The first-order valence-corrected chi connectivity index (χ1v) is 6.12. The summed E-state index contributed by atoms with van der Waals surface area (Å²) >= 11 is 1.68. The van der Waals surface area contributed by atoms with Gasteiger partial charge in [0.15, 0.2) is 0 Å². The Morgan fingerprint density at radius 2 is 2.31 bits per heavy atom. The number of fused-ring (bicyclic) bond motifs is 1. The van der Waals surface area contributed by atoms with Crippen molar-refractivity contribution in [1.29, 1.82) is 0 Å². The smallest absolute Gasteiger partial charge is 0.121 e. The molecule has 0 bridgehead atoms. The second-order valence-corrected chi connectivity index (χ2v) is 4.94. The Balaban J connectivity index is 2.22. The zero-order chi connectivity index (χ0) is 11.5. The van der Waals surface area contributed by atoms with Crippen LogP contribution in [0.3, 0.4) is 0 Å². The third-order valence-corrected chi connectivity index (χ3v) is 3.51. The SMILES string of the molecule is COc1ccc2sc(CC[C@H](C)O)nc2c1. The van der Waals surface area contributed by atoms with Gasteiger partial charge in [-0.25, -0.2) is 4.98 Å². The summed E-state index contributed by atoms with van der Waals surface area (Å²) in [5.74, 6) is 0.833. The van der Waals surface area contributed by atoms with Crippen molar-refractivity contribution in [2.45, 2.75) is 25.9 Å². The molecule has 0 amide bonds. The van der Waals surface area contributed by atoms with Gasteiger partial charge in [-0.05, 0) is 25.5 Å². The Kier molecular flexibility index (Phi) is 3.41. The average molecular weight is 237 g/mol. The first-order valence-electron chi connectivity index (χ1n) is 5.30. The molecule has 1 heterocycles. The highest BCUT2D eigenvalue weighted by Gasteiger charge is 2.06. The Hall–Kier alpha value is -1.13. The van der Waals surface area contributed by atoms with Crippen LogP contribution in [0, 0.1) is 0 Å². The molecule has 3 nitrogen and oxygen atoms in total. The van der Waals surface area contributed by atoms with Crippen LogP contribution in [0.1, 0.15) is 18.4 Å². The van der Waals surface area contributed by atoms with Crippen LogP contribution in [0.4, 0.5) is 0 Å². The molecule has 0 radical (unpaired) electrons. The lowest BCUT2D eigenvalue weighted by atomic mass is 10.2. The maximum Gasteiger partial charge on any atom is 0.121 e. The fourth-order valence-electron chi connectivity index (χ4n) is 1.52. The lowest BCUT2D eigenvalue weighted by molar-refractivity contribution is 0.185. The molecule has 86 valence electrons. The zero-order valence-electron chi connectivity index (χ0n) is 9.43. The minimum absolute atomic E-state index is 0.262. The quantitative estimate of drug-likeness (QED) is 0.888. The van der Waals surface area contributed by atoms with Gasteiger partial charge in [0.05, 0.1) is 28.4 Å². The highest BCUT2D eigenvalue weighted by Crippen LogP contribution is 2.26. The van der Waals surface area contributed by atoms with Gasteiger partial charge in [0.1, 0.15) is 5.75 Å². The molecule has 0 aliphatic rings. The maximum atomic E-state index is 9.23. The largest absolute Gasteiger partial charge is 0.497 e. The van der Waals surface area contributed by atoms with Crippen molar-refractivity contribution >= 4 is 21.6 Å². The van der Waals surface area contributed by atoms with E-state index in [1.165, 1.54) is 4.70 Å². The third-order valence-electron chi connectivity index (χ3n) is 2.42. The van der Waals surface area contributed by atoms with E-state index in [-0.39, 0.29) is 6.10 Å². The van der Waals surface area contributed by atoms with E-state index in [9.17, 15) is 5.11 Å². The van der Waals surface area contributed by atoms with E-state index in [0.29, 0.717) is 0 Å². The number of aryl methyl sites for hydroxylation is 1. The minimum Gasteiger partial charge on any atom is -0.497 e. The van der Waals surface area contributed by atoms with Crippen LogP contribution in [-0.2, 0) is 6.42 Å². The van der Waals surface area contributed by atoms with Gasteiger partial charge in [0, 0.05) is 12.5 Å². The number of aliphatic hydroxyl groups is 1. The molecule has 1 aromatic heterocycles. The number of benzene rings is 1. The third kappa shape index (κ3) is 2.51. The summed E-state index contributed by atoms with van der Waals surface area (Å²) in [4.78, 5) is 4.52. The Labute approximate surface area is 98.7 Å². The predicted octanol–water partition coefficient (Wildman–Crippen LogP) is 2.62. The van der Waals surface area contributed by atoms with E-state index in [1.807, 2.05) is 18.2 Å². The zero-order valence-corrected chi connectivity index (χ0v) is 10.3. The number of thiazole rings is 1. The van der Waals surface area contributed by atoms with Gasteiger partial charge < -0.3 is 9.84 Å². The van der Waals surface area contributed by atoms with Gasteiger partial charge in [-0.3, -0.25) is 0 Å². The molecule has 0 fully saturated rings. The summed E-state index contributed by atoms with van der Waals surface area (Å²) in [5, 5.41) is 10.3. The van der Waals surface area contributed by atoms with E-state index >= 15 is 0 Å². The number of hydrogen-bond acceptors (Lipinski definition) is 4. The summed E-state index contributed by atoms with van der Waals surface area (Å²) in [6.45, 7) is 1.80. The van der Waals surface area contributed by atoms with Gasteiger partial charge in [-0.15, -0.1) is 11.3 Å². The molecule has 1 aromatic carbocycles. The van der Waals surface area contributed by atoms with Gasteiger partial charge >= 0.3 is 0 Å². The molecule has 0 aliphatic heterocycles. The van der Waals surface area contributed by atoms with E-state index in [2.05, 4.69) is 4.98 Å². The fourth-order valence-corrected chi connectivity index (χ4v) is 2.48. The summed E-state index contributed by atoms with van der Waals surface area (Å²) in [6, 6.07) is 5.91. The van der Waals surface area contributed by atoms with E-state index in [4.69, 9.17) is 4.74 Å². The van der Waals surface area contributed by atoms with E-state index < -0.39 is 0 Å². The molecule has 0 aliphatic carbocycles. The lowest BCUT2D eigenvalue weighted by Gasteiger charge is -1.99. The monoisotopic (exact) mass is 237 g/mol. The van der Waals surface area contributed by atoms with E-state index in [0.717, 1.165) is 29.1 Å². The summed E-state index contributed by atoms with van der Waals surface area (Å²) in [5.41, 5.74) is 0.977. The number of aliphatic hydroxyl groups excluding tert-OH is 1. The molecule has 1 N–H and O–H groups in total. The molecule has 0 saturated heterocycles. The number of hydrogen-bond donors (Lipinski definition) is 1. The van der Waals surface area contributed by atoms with Crippen molar-refractivity contribution in [3.63, 3.8) is 0 Å². The van der Waals surface area contributed by atoms with Crippen molar-refractivity contribution in [3.05, 3.63) is 23.2 Å². The van der Waals surface area contributed by atoms with Crippen LogP contribution >= 0.6 is 11.3 Å². The lowest BCUT2D eigenvalue weighted by Crippen LogP contribution is -2.00. The Morgan fingerprint density at radius 1 is 1.50 bits per heavy atom. The number of ether oxygens (including phenoxy) is 1. The normalized spacial score (nSPS) is 12.9. The van der Waals surface area contributed by atoms with Crippen LogP contribution in [0.2, 0.25) is 0 Å². The van der Waals surface area contributed by atoms with Crippen LogP contribution in [-0.4, -0.2) is 23.3 Å². The van der Waals surface area contributed by atoms with Crippen molar-refractivity contribution in [2.24, 2.45) is 0 Å². The topological polar surface area (TPSA) is 42.4 Å². The minimum atomic E-state index is -0.262. The number of methoxy groups -OCH3 is 1. The molecule has 0 unspecified atom stereocenters. The first kappa shape index (κ1) is 11.4. The standard InChI is InChI=1S/C12H15NO2S/c1-8(14)3-6-12-13-10-7-9(15-2)4-5-11(10)16-12/h4-5,7-8,14H,3,6H2,1-2H3/t8-/m0/s1. The van der Waals surface area contributed by atoms with Crippen LogP contribution < -0.4 is 4.74 Å². The van der Waals surface area contributed by atoms with Crippen molar-refractivity contribution in [3.8, 4) is 5.75 Å². The Morgan fingerprint density at radius 3 is 3.00 bits per heavy atom. The highest BCUT2D eigenvalue weighted by molar-refractivity contribution is 7.18. The van der Waals surface area contributed by atoms with Crippen LogP contribution in [0.15, 0.2) is 18.2 Å². The Bertz CT molecular complexity index is 479. The van der Waals surface area contributed by atoms with Crippen molar-refractivity contribution < 1.29 is 9.84 Å². The average Bonchev–Trinajstić information content (AvgIpc) is 2.67. The van der Waals surface area contributed by atoms with Crippen molar-refractivity contribution in [1.82, 2.24) is 4.98 Å². The number of rotatable bonds is 4. The second kappa shape index (κ2) is 4.80. The van der Waals surface area contributed by atoms with Gasteiger partial charge in [-0.1, -0.05) is 0 Å². The molecular weight excluding hydrogens is 222 g/mol. The molecule has 1 atom stereocenters. The highest BCUT2D eigenvalue weighted by atomic mass is 32.1. The fraction of sp³-hybridized carbons (Fsp3) is 0.417. The molecule has 16 heavy (non-hydrogen) atoms. The molecular formula is C12H15NO2S. The van der Waals surface area contributed by atoms with Gasteiger partial charge in [0.2, 0.25) is 0 Å². The molecule has 4 heteroatoms. The summed E-state index contributed by atoms with van der Waals surface area (Å²) in [6.07, 6.45) is 1.33. The van der Waals surface area contributed by atoms with Crippen LogP contribution in [0.5, 0.6) is 5.75 Å². The number of nitrogens with zero attached hydrogens (tertiary/aromatic N) is 1. The predicted molar refractivity (Wildman–Crippen MR) is 66.2 cm³/mol. The van der Waals surface area contributed by atoms with Crippen LogP contribution in [0.25, 0.3) is 10.2 Å². The number of aromatic nitrogens is 1. The summed E-state index contributed by atoms with van der Waals surface area (Å²) < 4.78 is 6.32. The van der Waals surface area contributed by atoms with Gasteiger partial charge in [0.25, 0.3) is 0 Å². The van der Waals surface area contributed by atoms with Crippen molar-refractivity contribution in [2.75, 3.05) is 7.11 Å².